The Morgan fingerprint density at radius 3 is 2.73 bits per heavy atom. The first-order valence-electron chi connectivity index (χ1n) is 9.31. The van der Waals surface area contributed by atoms with Crippen molar-refractivity contribution >= 4 is 17.5 Å². The smallest absolute Gasteiger partial charge is 0.242 e. The van der Waals surface area contributed by atoms with Gasteiger partial charge in [-0.1, -0.05) is 0 Å². The van der Waals surface area contributed by atoms with E-state index in [1.807, 2.05) is 17.8 Å². The number of nitrogens with zero attached hydrogens (tertiary/aromatic N) is 5. The molecule has 4 saturated carbocycles. The Morgan fingerprint density at radius 2 is 2.12 bits per heavy atom. The number of amides is 1. The first-order valence-corrected chi connectivity index (χ1v) is 9.69. The molecule has 138 valence electrons. The molecule has 4 aliphatic carbocycles. The lowest BCUT2D eigenvalue weighted by molar-refractivity contribution is -0.156. The number of halogens is 1. The molecule has 0 saturated heterocycles. The van der Waals surface area contributed by atoms with Crippen molar-refractivity contribution in [2.45, 2.75) is 50.6 Å². The molecule has 0 spiro atoms. The second kappa shape index (κ2) is 5.55. The van der Waals surface area contributed by atoms with Gasteiger partial charge in [-0.05, 0) is 68.0 Å². The van der Waals surface area contributed by atoms with Gasteiger partial charge in [0.1, 0.15) is 6.33 Å². The molecule has 0 aromatic carbocycles. The SMILES string of the molecule is Cn1nccc1CNC(=O)C12CC3CC(C1)CC(n1cnc(Cl)n1)(C3)C2. The molecule has 4 fully saturated rings. The highest BCUT2D eigenvalue weighted by Gasteiger charge is 2.61. The van der Waals surface area contributed by atoms with Gasteiger partial charge in [0, 0.05) is 13.2 Å². The molecule has 0 radical (unpaired) electrons. The van der Waals surface area contributed by atoms with E-state index in [0.717, 1.165) is 37.8 Å². The minimum atomic E-state index is -0.291. The number of aryl methyl sites for hydroxylation is 1. The van der Waals surface area contributed by atoms with Crippen molar-refractivity contribution in [3.05, 3.63) is 29.6 Å². The van der Waals surface area contributed by atoms with Gasteiger partial charge in [0.05, 0.1) is 23.2 Å². The molecule has 4 bridgehead atoms. The van der Waals surface area contributed by atoms with E-state index in [2.05, 4.69) is 20.5 Å². The minimum Gasteiger partial charge on any atom is -0.350 e. The number of hydrogen-bond acceptors (Lipinski definition) is 4. The lowest BCUT2D eigenvalue weighted by Crippen LogP contribution is -2.61. The van der Waals surface area contributed by atoms with Crippen molar-refractivity contribution < 1.29 is 4.79 Å². The number of carbonyl (C=O) groups excluding carboxylic acids is 1. The Morgan fingerprint density at radius 1 is 1.35 bits per heavy atom. The van der Waals surface area contributed by atoms with Gasteiger partial charge < -0.3 is 5.32 Å². The average molecular weight is 375 g/mol. The highest BCUT2D eigenvalue weighted by atomic mass is 35.5. The quantitative estimate of drug-likeness (QED) is 0.890. The number of aromatic nitrogens is 5. The zero-order valence-electron chi connectivity index (χ0n) is 14.9. The van der Waals surface area contributed by atoms with Crippen molar-refractivity contribution in [3.63, 3.8) is 0 Å². The number of carbonyl (C=O) groups is 1. The van der Waals surface area contributed by atoms with Crippen LogP contribution in [0.3, 0.4) is 0 Å². The van der Waals surface area contributed by atoms with Crippen LogP contribution in [0.4, 0.5) is 0 Å². The lowest BCUT2D eigenvalue weighted by Gasteiger charge is -2.60. The molecule has 6 rings (SSSR count). The molecule has 2 aromatic rings. The Hall–Kier alpha value is -1.89. The van der Waals surface area contributed by atoms with Crippen LogP contribution >= 0.6 is 11.6 Å². The molecule has 4 aliphatic rings. The largest absolute Gasteiger partial charge is 0.350 e. The third kappa shape index (κ3) is 2.40. The molecular formula is C18H23ClN6O. The summed E-state index contributed by atoms with van der Waals surface area (Å²) in [5.74, 6) is 1.35. The highest BCUT2D eigenvalue weighted by molar-refractivity contribution is 6.28. The molecule has 2 unspecified atom stereocenters. The first kappa shape index (κ1) is 16.3. The van der Waals surface area contributed by atoms with Crippen LogP contribution in [-0.2, 0) is 23.9 Å². The summed E-state index contributed by atoms with van der Waals surface area (Å²) in [7, 11) is 1.90. The van der Waals surface area contributed by atoms with Crippen molar-refractivity contribution in [2.75, 3.05) is 0 Å². The van der Waals surface area contributed by atoms with E-state index >= 15 is 0 Å². The van der Waals surface area contributed by atoms with E-state index < -0.39 is 0 Å². The van der Waals surface area contributed by atoms with Gasteiger partial charge in [-0.2, -0.15) is 5.10 Å². The topological polar surface area (TPSA) is 77.6 Å². The number of rotatable bonds is 4. The predicted molar refractivity (Wildman–Crippen MR) is 95.2 cm³/mol. The van der Waals surface area contributed by atoms with Gasteiger partial charge in [0.2, 0.25) is 11.2 Å². The van der Waals surface area contributed by atoms with Crippen LogP contribution < -0.4 is 5.32 Å². The summed E-state index contributed by atoms with van der Waals surface area (Å²) in [6.07, 6.45) is 9.73. The van der Waals surface area contributed by atoms with E-state index in [4.69, 9.17) is 11.6 Å². The molecule has 1 N–H and O–H groups in total. The van der Waals surface area contributed by atoms with Crippen molar-refractivity contribution in [1.82, 2.24) is 29.9 Å². The summed E-state index contributed by atoms with van der Waals surface area (Å²) in [4.78, 5) is 17.4. The van der Waals surface area contributed by atoms with E-state index in [0.29, 0.717) is 18.4 Å². The predicted octanol–water partition coefficient (Wildman–Crippen LogP) is 2.28. The standard InChI is InChI=1S/C18H23ClN6O/c1-24-14(2-3-22-24)9-20-15(26)17-5-12-4-13(6-17)8-18(7-12,10-17)25-11-21-16(19)23-25/h2-3,11-13H,4-10H2,1H3,(H,20,26). The second-order valence-electron chi connectivity index (χ2n) is 8.55. The van der Waals surface area contributed by atoms with Gasteiger partial charge in [0.25, 0.3) is 0 Å². The van der Waals surface area contributed by atoms with Crippen LogP contribution in [0.1, 0.15) is 44.2 Å². The zero-order valence-corrected chi connectivity index (χ0v) is 15.6. The normalized spacial score (nSPS) is 35.0. The van der Waals surface area contributed by atoms with E-state index in [1.165, 1.54) is 6.42 Å². The van der Waals surface area contributed by atoms with Gasteiger partial charge in [-0.3, -0.25) is 9.48 Å². The van der Waals surface area contributed by atoms with Crippen molar-refractivity contribution in [2.24, 2.45) is 24.3 Å². The summed E-state index contributed by atoms with van der Waals surface area (Å²) in [5.41, 5.74) is 0.621. The summed E-state index contributed by atoms with van der Waals surface area (Å²) >= 11 is 5.99. The van der Waals surface area contributed by atoms with Crippen LogP contribution in [0, 0.1) is 17.3 Å². The number of hydrogen-bond donors (Lipinski definition) is 1. The molecule has 2 aromatic heterocycles. The maximum atomic E-state index is 13.3. The third-order valence-corrected chi connectivity index (χ3v) is 6.99. The monoisotopic (exact) mass is 374 g/mol. The van der Waals surface area contributed by atoms with Gasteiger partial charge >= 0.3 is 0 Å². The fraction of sp³-hybridized carbons (Fsp3) is 0.667. The molecule has 1 amide bonds. The highest BCUT2D eigenvalue weighted by Crippen LogP contribution is 2.64. The van der Waals surface area contributed by atoms with Crippen molar-refractivity contribution in [3.8, 4) is 0 Å². The fourth-order valence-corrected chi connectivity index (χ4v) is 6.28. The zero-order chi connectivity index (χ0) is 17.9. The Bertz CT molecular complexity index is 843. The molecule has 2 atom stereocenters. The molecular weight excluding hydrogens is 352 g/mol. The first-order chi connectivity index (χ1) is 12.5. The van der Waals surface area contributed by atoms with E-state index in [1.54, 1.807) is 17.2 Å². The van der Waals surface area contributed by atoms with Crippen LogP contribution in [0.2, 0.25) is 5.28 Å². The van der Waals surface area contributed by atoms with Crippen LogP contribution in [0.15, 0.2) is 18.6 Å². The van der Waals surface area contributed by atoms with Crippen LogP contribution in [0.25, 0.3) is 0 Å². The Kier molecular flexibility index (Phi) is 3.48. The van der Waals surface area contributed by atoms with E-state index in [9.17, 15) is 4.79 Å². The van der Waals surface area contributed by atoms with E-state index in [-0.39, 0.29) is 22.1 Å². The summed E-state index contributed by atoms with van der Waals surface area (Å²) < 4.78 is 3.76. The number of nitrogens with one attached hydrogen (secondary N) is 1. The Balaban J connectivity index is 1.41. The molecule has 2 heterocycles. The summed E-state index contributed by atoms with van der Waals surface area (Å²) in [6, 6.07) is 1.94. The minimum absolute atomic E-state index is 0.103. The van der Waals surface area contributed by atoms with Gasteiger partial charge in [0.15, 0.2) is 0 Å². The molecule has 8 heteroatoms. The molecule has 7 nitrogen and oxygen atoms in total. The second-order valence-corrected chi connectivity index (χ2v) is 8.89. The molecule has 0 aliphatic heterocycles. The fourth-order valence-electron chi connectivity index (χ4n) is 6.15. The third-order valence-electron chi connectivity index (χ3n) is 6.81. The summed E-state index contributed by atoms with van der Waals surface area (Å²) in [6.45, 7) is 0.522. The summed E-state index contributed by atoms with van der Waals surface area (Å²) in [5, 5.41) is 12.1. The maximum absolute atomic E-state index is 13.3. The lowest BCUT2D eigenvalue weighted by atomic mass is 9.46. The van der Waals surface area contributed by atoms with Crippen molar-refractivity contribution in [1.29, 1.82) is 0 Å². The molecule has 26 heavy (non-hydrogen) atoms. The van der Waals surface area contributed by atoms with Gasteiger partial charge in [-0.25, -0.2) is 9.67 Å². The van der Waals surface area contributed by atoms with Crippen LogP contribution in [0.5, 0.6) is 0 Å². The van der Waals surface area contributed by atoms with Crippen LogP contribution in [-0.4, -0.2) is 30.5 Å². The average Bonchev–Trinajstić information content (AvgIpc) is 3.20. The van der Waals surface area contributed by atoms with Gasteiger partial charge in [-0.15, -0.1) is 5.10 Å². The Labute approximate surface area is 157 Å². The maximum Gasteiger partial charge on any atom is 0.242 e.